The lowest BCUT2D eigenvalue weighted by Crippen LogP contribution is -1.87. The van der Waals surface area contributed by atoms with Crippen LogP contribution in [0.1, 0.15) is 13.3 Å². The first kappa shape index (κ1) is 7.50. The van der Waals surface area contributed by atoms with Gasteiger partial charge >= 0.3 is 0 Å². The Balaban J connectivity index is 2.80. The second-order valence-electron chi connectivity index (χ2n) is 1.35. The molecule has 0 heterocycles. The van der Waals surface area contributed by atoms with Crippen LogP contribution < -0.4 is 0 Å². The first-order chi connectivity index (χ1) is 3.91. The van der Waals surface area contributed by atoms with Crippen LogP contribution in [0.5, 0.6) is 0 Å². The minimum absolute atomic E-state index is 0.344. The van der Waals surface area contributed by atoms with Gasteiger partial charge in [0.1, 0.15) is 0 Å². The highest BCUT2D eigenvalue weighted by molar-refractivity contribution is 4.69. The Bertz CT molecular complexity index is 59.5. The molecule has 0 atom stereocenters. The van der Waals surface area contributed by atoms with E-state index in [1.54, 1.807) is 13.4 Å². The molecule has 0 rings (SSSR count). The van der Waals surface area contributed by atoms with Crippen molar-refractivity contribution in [3.05, 3.63) is 12.3 Å². The van der Waals surface area contributed by atoms with Gasteiger partial charge in [0.25, 0.3) is 0 Å². The third-order valence-corrected chi connectivity index (χ3v) is 0.614. The molecule has 0 aromatic rings. The first-order valence-electron chi connectivity index (χ1n) is 2.67. The van der Waals surface area contributed by atoms with E-state index in [2.05, 4.69) is 4.74 Å². The molecule has 0 unspecified atom stereocenters. The number of allylic oxidation sites excluding steroid dienone is 1. The summed E-state index contributed by atoms with van der Waals surface area (Å²) in [6, 6.07) is 0. The van der Waals surface area contributed by atoms with Crippen LogP contribution >= 0.6 is 0 Å². The lowest BCUT2D eigenvalue weighted by Gasteiger charge is -1.94. The van der Waals surface area contributed by atoms with Gasteiger partial charge in [-0.2, -0.15) is 0 Å². The van der Waals surface area contributed by atoms with Gasteiger partial charge < -0.3 is 9.47 Å². The fourth-order valence-electron chi connectivity index (χ4n) is 0.272. The molecule has 0 aromatic carbocycles. The molecular formula is C6H12O2. The summed E-state index contributed by atoms with van der Waals surface area (Å²) in [5.41, 5.74) is 0. The Morgan fingerprint density at radius 3 is 2.75 bits per heavy atom. The van der Waals surface area contributed by atoms with Gasteiger partial charge in [-0.1, -0.05) is 6.92 Å². The molecule has 0 fully saturated rings. The molecule has 2 heteroatoms. The van der Waals surface area contributed by atoms with Crippen molar-refractivity contribution in [1.82, 2.24) is 0 Å². The number of hydrogen-bond acceptors (Lipinski definition) is 2. The molecule has 0 saturated heterocycles. The maximum atomic E-state index is 4.82. The maximum Gasteiger partial charge on any atom is 0.187 e. The molecule has 48 valence electrons. The van der Waals surface area contributed by atoms with Crippen LogP contribution in [-0.2, 0) is 9.47 Å². The Morgan fingerprint density at radius 1 is 1.50 bits per heavy atom. The molecule has 2 nitrogen and oxygen atoms in total. The Morgan fingerprint density at radius 2 is 2.25 bits per heavy atom. The van der Waals surface area contributed by atoms with Crippen LogP contribution in [0.4, 0.5) is 0 Å². The summed E-state index contributed by atoms with van der Waals surface area (Å²) in [6.45, 7) is 2.39. The highest BCUT2D eigenvalue weighted by atomic mass is 16.7. The predicted octanol–water partition coefficient (Wildman–Crippen LogP) is 1.53. The normalized spacial score (nSPS) is 10.2. The van der Waals surface area contributed by atoms with Gasteiger partial charge in [0.15, 0.2) is 6.79 Å². The lowest BCUT2D eigenvalue weighted by atomic mass is 10.5. The van der Waals surface area contributed by atoms with E-state index in [-0.39, 0.29) is 0 Å². The molecule has 0 aromatic heterocycles. The highest BCUT2D eigenvalue weighted by Crippen LogP contribution is 1.80. The van der Waals surface area contributed by atoms with Crippen molar-refractivity contribution >= 4 is 0 Å². The van der Waals surface area contributed by atoms with Crippen molar-refractivity contribution in [2.24, 2.45) is 0 Å². The average molecular weight is 116 g/mol. The topological polar surface area (TPSA) is 18.5 Å². The SMILES string of the molecule is CC/C=C\OCOC. The standard InChI is InChI=1S/C6H12O2/c1-3-4-5-8-6-7-2/h4-5H,3,6H2,1-2H3/b5-4-. The van der Waals surface area contributed by atoms with E-state index in [9.17, 15) is 0 Å². The zero-order valence-electron chi connectivity index (χ0n) is 5.39. The molecule has 0 amide bonds. The smallest absolute Gasteiger partial charge is 0.187 e. The van der Waals surface area contributed by atoms with Gasteiger partial charge in [-0.15, -0.1) is 0 Å². The zero-order chi connectivity index (χ0) is 6.24. The van der Waals surface area contributed by atoms with E-state index < -0.39 is 0 Å². The summed E-state index contributed by atoms with van der Waals surface area (Å²) in [4.78, 5) is 0. The van der Waals surface area contributed by atoms with E-state index in [1.807, 2.05) is 13.0 Å². The van der Waals surface area contributed by atoms with Crippen molar-refractivity contribution in [1.29, 1.82) is 0 Å². The quantitative estimate of drug-likeness (QED) is 0.315. The first-order valence-corrected chi connectivity index (χ1v) is 2.67. The lowest BCUT2D eigenvalue weighted by molar-refractivity contribution is 0.0196. The molecule has 0 aliphatic rings. The van der Waals surface area contributed by atoms with Gasteiger partial charge in [-0.05, 0) is 12.5 Å². The maximum absolute atomic E-state index is 4.82. The van der Waals surface area contributed by atoms with Gasteiger partial charge in [-0.25, -0.2) is 0 Å². The van der Waals surface area contributed by atoms with Crippen molar-refractivity contribution in [3.8, 4) is 0 Å². The van der Waals surface area contributed by atoms with E-state index in [0.717, 1.165) is 6.42 Å². The average Bonchev–Trinajstić information content (AvgIpc) is 1.81. The Labute approximate surface area is 50.1 Å². The van der Waals surface area contributed by atoms with E-state index in [4.69, 9.17) is 4.74 Å². The number of hydrogen-bond donors (Lipinski definition) is 0. The third-order valence-electron chi connectivity index (χ3n) is 0.614. The van der Waals surface area contributed by atoms with Gasteiger partial charge in [-0.3, -0.25) is 0 Å². The fourth-order valence-corrected chi connectivity index (χ4v) is 0.272. The minimum atomic E-state index is 0.344. The van der Waals surface area contributed by atoms with Crippen LogP contribution in [0.2, 0.25) is 0 Å². The van der Waals surface area contributed by atoms with Gasteiger partial charge in [0.2, 0.25) is 0 Å². The molecule has 0 N–H and O–H groups in total. The molecule has 0 saturated carbocycles. The molecule has 8 heavy (non-hydrogen) atoms. The summed E-state index contributed by atoms with van der Waals surface area (Å²) < 4.78 is 9.44. The summed E-state index contributed by atoms with van der Waals surface area (Å²) in [5, 5.41) is 0. The summed E-state index contributed by atoms with van der Waals surface area (Å²) in [5.74, 6) is 0. The van der Waals surface area contributed by atoms with E-state index >= 15 is 0 Å². The number of rotatable bonds is 4. The number of ether oxygens (including phenoxy) is 2. The molecule has 0 aliphatic heterocycles. The van der Waals surface area contributed by atoms with Crippen LogP contribution in [0.15, 0.2) is 12.3 Å². The van der Waals surface area contributed by atoms with Crippen molar-refractivity contribution in [3.63, 3.8) is 0 Å². The second kappa shape index (κ2) is 6.50. The molecule has 0 radical (unpaired) electrons. The molecule has 0 bridgehead atoms. The van der Waals surface area contributed by atoms with Crippen molar-refractivity contribution in [2.45, 2.75) is 13.3 Å². The monoisotopic (exact) mass is 116 g/mol. The minimum Gasteiger partial charge on any atom is -0.476 e. The molecule has 0 aliphatic carbocycles. The van der Waals surface area contributed by atoms with E-state index in [0.29, 0.717) is 6.79 Å². The largest absolute Gasteiger partial charge is 0.476 e. The Hall–Kier alpha value is -0.500. The molecular weight excluding hydrogens is 104 g/mol. The summed E-state index contributed by atoms with van der Waals surface area (Å²) >= 11 is 0. The van der Waals surface area contributed by atoms with Crippen molar-refractivity contribution < 1.29 is 9.47 Å². The van der Waals surface area contributed by atoms with Crippen LogP contribution in [0.3, 0.4) is 0 Å². The van der Waals surface area contributed by atoms with Crippen LogP contribution in [0, 0.1) is 0 Å². The Kier molecular flexibility index (Phi) is 6.09. The van der Waals surface area contributed by atoms with Crippen molar-refractivity contribution in [2.75, 3.05) is 13.9 Å². The second-order valence-corrected chi connectivity index (χ2v) is 1.35. The van der Waals surface area contributed by atoms with Crippen LogP contribution in [0.25, 0.3) is 0 Å². The fraction of sp³-hybridized carbons (Fsp3) is 0.667. The highest BCUT2D eigenvalue weighted by Gasteiger charge is 1.70. The van der Waals surface area contributed by atoms with Crippen LogP contribution in [-0.4, -0.2) is 13.9 Å². The van der Waals surface area contributed by atoms with Gasteiger partial charge in [0.05, 0.1) is 6.26 Å². The van der Waals surface area contributed by atoms with Gasteiger partial charge in [0, 0.05) is 7.11 Å². The third kappa shape index (κ3) is 5.50. The molecule has 0 spiro atoms. The zero-order valence-corrected chi connectivity index (χ0v) is 5.39. The number of methoxy groups -OCH3 is 1. The summed E-state index contributed by atoms with van der Waals surface area (Å²) in [6.07, 6.45) is 4.58. The predicted molar refractivity (Wildman–Crippen MR) is 32.4 cm³/mol. The van der Waals surface area contributed by atoms with E-state index in [1.165, 1.54) is 0 Å². The summed E-state index contributed by atoms with van der Waals surface area (Å²) in [7, 11) is 1.60.